The SMILES string of the molecule is CC(=O)O[C@H]1[C@H](O[C@H]2O[C@H](COC(=O)c3ccccc3)[C@@H](OC(=O)c3ccccc3)[C@H](OC(=O)c3ccccc3)[C@@H]2OC(=O)c2ccccc2)[C@@H](OC(C)=O)C(O)O[C@@H]1CO[C@H]1O[C@H](COC(=O)c2ccccc2)[C@@H](OC(=O)c2ccccc2)[C@H](OC(=O)c2ccccc2)[C@@H]1OC(=O)c1ccccc1. The summed E-state index contributed by atoms with van der Waals surface area (Å²) in [7, 11) is 0. The van der Waals surface area contributed by atoms with E-state index in [-0.39, 0.29) is 44.5 Å². The van der Waals surface area contributed by atoms with E-state index in [0.717, 1.165) is 13.8 Å². The van der Waals surface area contributed by atoms with Gasteiger partial charge in [-0.2, -0.15) is 0 Å². The highest BCUT2D eigenvalue weighted by Crippen LogP contribution is 2.38. The van der Waals surface area contributed by atoms with Gasteiger partial charge in [-0.3, -0.25) is 9.59 Å². The number of esters is 10. The van der Waals surface area contributed by atoms with Crippen molar-refractivity contribution in [2.24, 2.45) is 0 Å². The summed E-state index contributed by atoms with van der Waals surface area (Å²) in [4.78, 5) is 142. The number of benzene rings is 8. The first kappa shape index (κ1) is 73.4. The fourth-order valence-electron chi connectivity index (χ4n) is 11.5. The van der Waals surface area contributed by atoms with E-state index in [4.69, 9.17) is 71.1 Å². The number of ether oxygens (including phenoxy) is 15. The summed E-state index contributed by atoms with van der Waals surface area (Å²) in [5, 5.41) is 12.3. The van der Waals surface area contributed by atoms with Gasteiger partial charge >= 0.3 is 59.7 Å². The van der Waals surface area contributed by atoms with E-state index >= 15 is 0 Å². The largest absolute Gasteiger partial charge is 0.459 e. The summed E-state index contributed by atoms with van der Waals surface area (Å²) in [6.45, 7) is -0.673. The molecule has 536 valence electrons. The van der Waals surface area contributed by atoms with Crippen molar-refractivity contribution in [1.82, 2.24) is 0 Å². The molecule has 8 aromatic rings. The van der Waals surface area contributed by atoms with Gasteiger partial charge in [0.05, 0.1) is 51.1 Å². The molecule has 26 nitrogen and oxygen atoms in total. The highest BCUT2D eigenvalue weighted by Gasteiger charge is 2.59. The molecule has 0 spiro atoms. The first-order valence-corrected chi connectivity index (χ1v) is 32.7. The van der Waals surface area contributed by atoms with Gasteiger partial charge < -0.3 is 76.2 Å². The van der Waals surface area contributed by atoms with Crippen LogP contribution in [0.3, 0.4) is 0 Å². The molecule has 11 rings (SSSR count). The quantitative estimate of drug-likeness (QED) is 0.0414. The standard InChI is InChI=1S/C78H68O26/c1-46(79)93-59-56(45-92-77-66(102-74(87)54-39-23-9-24-40-54)63(100-72(85)52-35-19-7-20-36-52)60(98-70(83)50-31-15-5-16-32-50)57(96-77)43-90-68(81)48-27-11-3-12-28-48)95-76(89)65(94-47(2)80)62(59)104-78-67(103-75(88)55-41-25-10-26-42-55)64(101-73(86)53-37-21-8-22-38-53)61(99-71(84)51-33-17-6-18-34-51)58(97-78)44-91-69(82)49-29-13-4-14-30-49/h3-42,56-67,76-78,89H,43-45H2,1-2H3/t56-,57-,58-,59-,60-,61-,62+,63+,64+,65-,66+,67+,76?,77+,78-/m1/s1. The first-order chi connectivity index (χ1) is 50.5. The minimum atomic E-state index is -2.32. The van der Waals surface area contributed by atoms with Gasteiger partial charge in [-0.15, -0.1) is 0 Å². The minimum absolute atomic E-state index is 0.00145. The Labute approximate surface area is 594 Å². The molecule has 0 aliphatic carbocycles. The topological polar surface area (TPSA) is 329 Å². The van der Waals surface area contributed by atoms with Crippen molar-refractivity contribution in [2.45, 2.75) is 106 Å². The van der Waals surface area contributed by atoms with Crippen LogP contribution in [0.1, 0.15) is 96.7 Å². The van der Waals surface area contributed by atoms with Gasteiger partial charge in [-0.05, 0) is 97.1 Å². The lowest BCUT2D eigenvalue weighted by Crippen LogP contribution is -2.67. The van der Waals surface area contributed by atoms with Crippen molar-refractivity contribution in [1.29, 1.82) is 0 Å². The second-order valence-corrected chi connectivity index (χ2v) is 23.6. The molecule has 1 N–H and O–H groups in total. The fourth-order valence-corrected chi connectivity index (χ4v) is 11.5. The van der Waals surface area contributed by atoms with Crippen LogP contribution in [0.15, 0.2) is 243 Å². The van der Waals surface area contributed by atoms with E-state index < -0.39 is 172 Å². The molecule has 1 unspecified atom stereocenters. The van der Waals surface area contributed by atoms with Gasteiger partial charge in [0.1, 0.15) is 37.6 Å². The number of rotatable bonds is 25. The van der Waals surface area contributed by atoms with Gasteiger partial charge in [0.25, 0.3) is 0 Å². The van der Waals surface area contributed by atoms with Crippen molar-refractivity contribution < 1.29 is 124 Å². The molecule has 0 amide bonds. The molecule has 8 aromatic carbocycles. The molecule has 0 aromatic heterocycles. The molecule has 104 heavy (non-hydrogen) atoms. The van der Waals surface area contributed by atoms with Crippen LogP contribution in [-0.2, 0) is 80.6 Å². The highest BCUT2D eigenvalue weighted by molar-refractivity contribution is 5.94. The zero-order valence-corrected chi connectivity index (χ0v) is 55.5. The molecule has 3 aliphatic rings. The normalized spacial score (nSPS) is 24.1. The second-order valence-electron chi connectivity index (χ2n) is 23.6. The van der Waals surface area contributed by atoms with Crippen molar-refractivity contribution in [2.75, 3.05) is 19.8 Å². The fraction of sp³-hybridized carbons (Fsp3) is 0.256. The monoisotopic (exact) mass is 1420 g/mol. The first-order valence-electron chi connectivity index (χ1n) is 32.7. The summed E-state index contributed by atoms with van der Waals surface area (Å²) in [6.07, 6.45) is -30.0. The van der Waals surface area contributed by atoms with Crippen molar-refractivity contribution >= 4 is 59.7 Å². The Morgan fingerprint density at radius 3 is 0.817 bits per heavy atom. The van der Waals surface area contributed by atoms with Crippen LogP contribution in [-0.4, -0.2) is 177 Å². The third-order valence-electron chi connectivity index (χ3n) is 16.4. The zero-order chi connectivity index (χ0) is 73.1. The molecule has 0 bridgehead atoms. The van der Waals surface area contributed by atoms with E-state index in [0.29, 0.717) is 0 Å². The number of carbonyl (C=O) groups is 10. The minimum Gasteiger partial charge on any atom is -0.459 e. The Balaban J connectivity index is 1.01. The summed E-state index contributed by atoms with van der Waals surface area (Å²) in [6, 6.07) is 60.5. The van der Waals surface area contributed by atoms with Crippen LogP contribution in [0.5, 0.6) is 0 Å². The summed E-state index contributed by atoms with van der Waals surface area (Å²) in [5.41, 5.74) is -0.105. The van der Waals surface area contributed by atoms with Gasteiger partial charge in [0, 0.05) is 13.8 Å². The summed E-state index contributed by atoms with van der Waals surface area (Å²) < 4.78 is 93.6. The zero-order valence-electron chi connectivity index (χ0n) is 55.5. The Morgan fingerprint density at radius 1 is 0.269 bits per heavy atom. The van der Waals surface area contributed by atoms with E-state index in [9.17, 15) is 53.1 Å². The predicted octanol–water partition coefficient (Wildman–Crippen LogP) is 8.49. The molecule has 3 aliphatic heterocycles. The van der Waals surface area contributed by atoms with E-state index in [1.54, 1.807) is 109 Å². The lowest BCUT2D eigenvalue weighted by Gasteiger charge is -2.48. The van der Waals surface area contributed by atoms with Crippen molar-refractivity contribution in [3.05, 3.63) is 287 Å². The average Bonchev–Trinajstić information content (AvgIpc) is 0.770. The van der Waals surface area contributed by atoms with Gasteiger partial charge in [-0.1, -0.05) is 146 Å². The molecule has 0 radical (unpaired) electrons. The van der Waals surface area contributed by atoms with Crippen molar-refractivity contribution in [3.63, 3.8) is 0 Å². The number of hydrogen-bond acceptors (Lipinski definition) is 26. The highest BCUT2D eigenvalue weighted by atomic mass is 16.8. The molecular formula is C78H68O26. The van der Waals surface area contributed by atoms with Crippen LogP contribution < -0.4 is 0 Å². The van der Waals surface area contributed by atoms with Crippen LogP contribution in [0.25, 0.3) is 0 Å². The molecule has 15 atom stereocenters. The van der Waals surface area contributed by atoms with Crippen LogP contribution in [0.2, 0.25) is 0 Å². The Hall–Kier alpha value is -11.8. The maximum absolute atomic E-state index is 14.7. The number of aliphatic hydroxyl groups is 1. The van der Waals surface area contributed by atoms with Gasteiger partial charge in [-0.25, -0.2) is 38.4 Å². The molecular weight excluding hydrogens is 1350 g/mol. The number of hydrogen-bond donors (Lipinski definition) is 1. The van der Waals surface area contributed by atoms with Gasteiger partial charge in [0.2, 0.25) is 0 Å². The predicted molar refractivity (Wildman–Crippen MR) is 357 cm³/mol. The maximum Gasteiger partial charge on any atom is 0.338 e. The van der Waals surface area contributed by atoms with E-state index in [1.165, 1.54) is 133 Å². The van der Waals surface area contributed by atoms with Crippen molar-refractivity contribution in [3.8, 4) is 0 Å². The van der Waals surface area contributed by atoms with Crippen LogP contribution >= 0.6 is 0 Å². The second kappa shape index (κ2) is 35.2. The van der Waals surface area contributed by atoms with E-state index in [1.807, 2.05) is 0 Å². The molecule has 3 fully saturated rings. The summed E-state index contributed by atoms with van der Waals surface area (Å²) >= 11 is 0. The van der Waals surface area contributed by atoms with Crippen LogP contribution in [0, 0.1) is 0 Å². The van der Waals surface area contributed by atoms with Crippen LogP contribution in [0.4, 0.5) is 0 Å². The maximum atomic E-state index is 14.7. The number of carbonyl (C=O) groups excluding carboxylic acids is 10. The average molecular weight is 1420 g/mol. The Morgan fingerprint density at radius 2 is 0.510 bits per heavy atom. The van der Waals surface area contributed by atoms with E-state index in [2.05, 4.69) is 0 Å². The third kappa shape index (κ3) is 18.8. The molecule has 0 saturated carbocycles. The Bertz CT molecular complexity index is 4230. The molecule has 3 heterocycles. The third-order valence-corrected chi connectivity index (χ3v) is 16.4. The Kier molecular flexibility index (Phi) is 24.9. The molecule has 26 heteroatoms. The lowest BCUT2D eigenvalue weighted by atomic mass is 9.95. The number of aliphatic hydroxyl groups excluding tert-OH is 1. The molecule has 3 saturated heterocycles. The lowest BCUT2D eigenvalue weighted by molar-refractivity contribution is -0.361. The summed E-state index contributed by atoms with van der Waals surface area (Å²) in [5.74, 6) is -10.3. The smallest absolute Gasteiger partial charge is 0.338 e. The van der Waals surface area contributed by atoms with Gasteiger partial charge in [0.15, 0.2) is 67.7 Å².